The molecule has 2 bridgehead atoms. The van der Waals surface area contributed by atoms with Crippen molar-refractivity contribution in [3.05, 3.63) is 0 Å². The molecule has 2 aliphatic heterocycles. The fourth-order valence-electron chi connectivity index (χ4n) is 2.20. The molecule has 0 aromatic carbocycles. The Labute approximate surface area is 69.5 Å². The zero-order valence-corrected chi connectivity index (χ0v) is 6.43. The van der Waals surface area contributed by atoms with Crippen LogP contribution in [-0.4, -0.2) is 24.5 Å². The molecule has 0 saturated carbocycles. The Hall–Kier alpha value is -0.900. The molecule has 0 spiro atoms. The Morgan fingerprint density at radius 2 is 2.08 bits per heavy atom. The molecular weight excluding hydrogens is 160 g/mol. The lowest BCUT2D eigenvalue weighted by molar-refractivity contribution is -0.313. The van der Waals surface area contributed by atoms with Gasteiger partial charge in [0.1, 0.15) is 6.29 Å². The van der Waals surface area contributed by atoms with Gasteiger partial charge in [-0.1, -0.05) is 0 Å². The van der Waals surface area contributed by atoms with E-state index in [0.717, 1.165) is 12.8 Å². The molecule has 4 nitrogen and oxygen atoms in total. The molecule has 4 heteroatoms. The molecule has 0 N–H and O–H groups in total. The maximum Gasteiger partial charge on any atom is 0.126 e. The van der Waals surface area contributed by atoms with Gasteiger partial charge in [-0.2, -0.15) is 0 Å². The fraction of sp³-hybridized carbons (Fsp3) is 0.750. The Morgan fingerprint density at radius 1 is 1.42 bits per heavy atom. The molecule has 0 amide bonds. The quantitative estimate of drug-likeness (QED) is 0.483. The average molecular weight is 169 g/mol. The third kappa shape index (κ3) is 0.876. The van der Waals surface area contributed by atoms with E-state index in [1.54, 1.807) is 0 Å². The SMILES string of the molecule is O=CC1C(C(=O)[O-])[C@H]2CC[C@@H]1O2. The third-order valence-electron chi connectivity index (χ3n) is 2.76. The molecule has 4 atom stereocenters. The molecule has 0 aromatic rings. The van der Waals surface area contributed by atoms with E-state index in [-0.39, 0.29) is 12.2 Å². The Balaban J connectivity index is 2.21. The van der Waals surface area contributed by atoms with E-state index in [2.05, 4.69) is 0 Å². The lowest BCUT2D eigenvalue weighted by atomic mass is 9.80. The monoisotopic (exact) mass is 169 g/mol. The van der Waals surface area contributed by atoms with Gasteiger partial charge in [-0.25, -0.2) is 0 Å². The first-order valence-electron chi connectivity index (χ1n) is 4.05. The highest BCUT2D eigenvalue weighted by atomic mass is 16.5. The minimum atomic E-state index is -1.15. The molecule has 2 rings (SSSR count). The van der Waals surface area contributed by atoms with Gasteiger partial charge in [0.25, 0.3) is 0 Å². The van der Waals surface area contributed by atoms with Crippen molar-refractivity contribution in [2.24, 2.45) is 11.8 Å². The normalized spacial score (nSPS) is 44.7. The van der Waals surface area contributed by atoms with Gasteiger partial charge < -0.3 is 19.4 Å². The van der Waals surface area contributed by atoms with Crippen molar-refractivity contribution >= 4 is 12.3 Å². The second-order valence-electron chi connectivity index (χ2n) is 3.35. The number of carbonyl (C=O) groups excluding carboxylic acids is 2. The molecule has 2 fully saturated rings. The summed E-state index contributed by atoms with van der Waals surface area (Å²) in [5.74, 6) is -2.34. The number of fused-ring (bicyclic) bond motifs is 2. The summed E-state index contributed by atoms with van der Waals surface area (Å²) in [6.45, 7) is 0. The summed E-state index contributed by atoms with van der Waals surface area (Å²) in [7, 11) is 0. The van der Waals surface area contributed by atoms with Crippen molar-refractivity contribution in [1.82, 2.24) is 0 Å². The number of carbonyl (C=O) groups is 2. The number of aldehydes is 1. The number of hydrogen-bond acceptors (Lipinski definition) is 4. The van der Waals surface area contributed by atoms with Crippen molar-refractivity contribution in [1.29, 1.82) is 0 Å². The minimum absolute atomic E-state index is 0.171. The van der Waals surface area contributed by atoms with Crippen LogP contribution < -0.4 is 5.11 Å². The van der Waals surface area contributed by atoms with Crippen LogP contribution in [0.15, 0.2) is 0 Å². The van der Waals surface area contributed by atoms with Crippen LogP contribution in [-0.2, 0) is 14.3 Å². The van der Waals surface area contributed by atoms with Crippen LogP contribution >= 0.6 is 0 Å². The van der Waals surface area contributed by atoms with Crippen LogP contribution in [0.1, 0.15) is 12.8 Å². The smallest absolute Gasteiger partial charge is 0.126 e. The Morgan fingerprint density at radius 3 is 2.58 bits per heavy atom. The van der Waals surface area contributed by atoms with E-state index in [1.165, 1.54) is 0 Å². The van der Waals surface area contributed by atoms with Crippen molar-refractivity contribution < 1.29 is 19.4 Å². The van der Waals surface area contributed by atoms with Crippen molar-refractivity contribution in [3.63, 3.8) is 0 Å². The van der Waals surface area contributed by atoms with Crippen molar-refractivity contribution in [2.45, 2.75) is 25.0 Å². The number of carboxylic acids is 1. The summed E-state index contributed by atoms with van der Waals surface area (Å²) >= 11 is 0. The van der Waals surface area contributed by atoms with Crippen LogP contribution in [0.3, 0.4) is 0 Å². The van der Waals surface area contributed by atoms with Gasteiger partial charge in [0.05, 0.1) is 18.1 Å². The number of ether oxygens (including phenoxy) is 1. The van der Waals surface area contributed by atoms with Gasteiger partial charge in [-0.05, 0) is 12.8 Å². The minimum Gasteiger partial charge on any atom is -0.550 e. The van der Waals surface area contributed by atoms with Gasteiger partial charge in [0.15, 0.2) is 0 Å². The summed E-state index contributed by atoms with van der Waals surface area (Å²) in [6, 6.07) is 0. The lowest BCUT2D eigenvalue weighted by Gasteiger charge is -2.24. The molecule has 2 aliphatic rings. The van der Waals surface area contributed by atoms with Crippen LogP contribution in [0.5, 0.6) is 0 Å². The largest absolute Gasteiger partial charge is 0.550 e. The number of aliphatic carboxylic acids is 1. The van der Waals surface area contributed by atoms with Crippen LogP contribution in [0.4, 0.5) is 0 Å². The highest BCUT2D eigenvalue weighted by Gasteiger charge is 2.49. The predicted molar refractivity (Wildman–Crippen MR) is 35.9 cm³/mol. The van der Waals surface area contributed by atoms with Gasteiger partial charge in [0.2, 0.25) is 0 Å². The zero-order valence-electron chi connectivity index (χ0n) is 6.43. The number of hydrogen-bond donors (Lipinski definition) is 0. The molecular formula is C8H9O4-. The molecule has 0 aromatic heterocycles. The first kappa shape index (κ1) is 7.73. The molecule has 2 heterocycles. The highest BCUT2D eigenvalue weighted by molar-refractivity contribution is 5.75. The Bertz CT molecular complexity index is 225. The van der Waals surface area contributed by atoms with Crippen molar-refractivity contribution in [2.75, 3.05) is 0 Å². The molecule has 2 unspecified atom stereocenters. The maximum atomic E-state index is 10.6. The molecule has 2 saturated heterocycles. The van der Waals surface area contributed by atoms with Crippen molar-refractivity contribution in [3.8, 4) is 0 Å². The van der Waals surface area contributed by atoms with E-state index in [4.69, 9.17) is 4.74 Å². The standard InChI is InChI=1S/C8H10O4/c9-3-4-5-1-2-6(12-5)7(4)8(10)11/h3-7H,1-2H2,(H,10,11)/p-1/t4?,5-,6+,7?/m0/s1. The summed E-state index contributed by atoms with van der Waals surface area (Å²) in [4.78, 5) is 21.2. The van der Waals surface area contributed by atoms with E-state index in [9.17, 15) is 14.7 Å². The third-order valence-corrected chi connectivity index (χ3v) is 2.76. The van der Waals surface area contributed by atoms with Crippen LogP contribution in [0.2, 0.25) is 0 Å². The van der Waals surface area contributed by atoms with Crippen LogP contribution in [0, 0.1) is 11.8 Å². The molecule has 12 heavy (non-hydrogen) atoms. The van der Waals surface area contributed by atoms with Crippen LogP contribution in [0.25, 0.3) is 0 Å². The summed E-state index contributed by atoms with van der Waals surface area (Å²) in [5.41, 5.74) is 0. The molecule has 66 valence electrons. The first-order valence-corrected chi connectivity index (χ1v) is 4.05. The maximum absolute atomic E-state index is 10.6. The predicted octanol–water partition coefficient (Wildman–Crippen LogP) is -1.27. The first-order chi connectivity index (χ1) is 5.74. The Kier molecular flexibility index (Phi) is 1.65. The van der Waals surface area contributed by atoms with Gasteiger partial charge >= 0.3 is 0 Å². The van der Waals surface area contributed by atoms with E-state index in [0.29, 0.717) is 6.29 Å². The van der Waals surface area contributed by atoms with E-state index < -0.39 is 17.8 Å². The lowest BCUT2D eigenvalue weighted by Crippen LogP contribution is -2.42. The second kappa shape index (κ2) is 2.55. The highest BCUT2D eigenvalue weighted by Crippen LogP contribution is 2.41. The summed E-state index contributed by atoms with van der Waals surface area (Å²) < 4.78 is 5.30. The zero-order chi connectivity index (χ0) is 8.72. The van der Waals surface area contributed by atoms with Gasteiger partial charge in [-0.3, -0.25) is 0 Å². The fourth-order valence-corrected chi connectivity index (χ4v) is 2.20. The van der Waals surface area contributed by atoms with Gasteiger partial charge in [0, 0.05) is 11.9 Å². The van der Waals surface area contributed by atoms with Gasteiger partial charge in [-0.15, -0.1) is 0 Å². The summed E-state index contributed by atoms with van der Waals surface area (Å²) in [6.07, 6.45) is 1.78. The average Bonchev–Trinajstić information content (AvgIpc) is 2.60. The second-order valence-corrected chi connectivity index (χ2v) is 3.35. The molecule has 0 radical (unpaired) electrons. The summed E-state index contributed by atoms with van der Waals surface area (Å²) in [5, 5.41) is 10.6. The number of rotatable bonds is 2. The number of carboxylic acid groups (broad SMARTS) is 1. The topological polar surface area (TPSA) is 66.4 Å². The molecule has 0 aliphatic carbocycles. The van der Waals surface area contributed by atoms with E-state index in [1.807, 2.05) is 0 Å². The van der Waals surface area contributed by atoms with E-state index >= 15 is 0 Å².